The van der Waals surface area contributed by atoms with Crippen molar-refractivity contribution in [3.8, 4) is 11.8 Å². The summed E-state index contributed by atoms with van der Waals surface area (Å²) < 4.78 is 0. The number of amides is 1. The molecular weight excluding hydrogens is 228 g/mol. The van der Waals surface area contributed by atoms with Crippen LogP contribution < -0.4 is 0 Å². The van der Waals surface area contributed by atoms with Gasteiger partial charge in [0.05, 0.1) is 12.5 Å². The quantitative estimate of drug-likeness (QED) is 0.867. The number of rotatable bonds is 5. The third-order valence-corrected chi connectivity index (χ3v) is 2.48. The van der Waals surface area contributed by atoms with Crippen LogP contribution in [0.5, 0.6) is 5.75 Å². The number of hydrogen-bond acceptors (Lipinski definition) is 3. The second-order valence-corrected chi connectivity index (χ2v) is 4.60. The lowest BCUT2D eigenvalue weighted by molar-refractivity contribution is 0.0740. The van der Waals surface area contributed by atoms with Crippen LogP contribution in [0.3, 0.4) is 0 Å². The van der Waals surface area contributed by atoms with Gasteiger partial charge in [-0.2, -0.15) is 5.26 Å². The van der Waals surface area contributed by atoms with Crippen molar-refractivity contribution in [2.75, 3.05) is 13.1 Å². The highest BCUT2D eigenvalue weighted by atomic mass is 16.3. The lowest BCUT2D eigenvalue weighted by atomic mass is 10.1. The zero-order chi connectivity index (χ0) is 13.5. The summed E-state index contributed by atoms with van der Waals surface area (Å²) in [7, 11) is 0. The molecule has 0 unspecified atom stereocenters. The van der Waals surface area contributed by atoms with Crippen molar-refractivity contribution in [3.63, 3.8) is 0 Å². The summed E-state index contributed by atoms with van der Waals surface area (Å²) >= 11 is 0. The Morgan fingerprint density at radius 3 is 2.50 bits per heavy atom. The Morgan fingerprint density at radius 1 is 1.39 bits per heavy atom. The lowest BCUT2D eigenvalue weighted by Crippen LogP contribution is -2.34. The Bertz CT molecular complexity index is 432. The van der Waals surface area contributed by atoms with Crippen LogP contribution in [0.4, 0.5) is 0 Å². The van der Waals surface area contributed by atoms with E-state index in [1.165, 1.54) is 12.1 Å². The standard InChI is InChI=1S/C14H18N2O2/c1-11(2)10-16(9-3-8-15)14(18)12-4-6-13(17)7-5-12/h4-7,11,17H,3,9-10H2,1-2H3. The minimum absolute atomic E-state index is 0.0982. The van der Waals surface area contributed by atoms with Crippen LogP contribution in [0.1, 0.15) is 30.6 Å². The molecule has 0 radical (unpaired) electrons. The monoisotopic (exact) mass is 246 g/mol. The fourth-order valence-corrected chi connectivity index (χ4v) is 1.69. The first-order valence-electron chi connectivity index (χ1n) is 6.00. The maximum atomic E-state index is 12.2. The minimum Gasteiger partial charge on any atom is -0.508 e. The summed E-state index contributed by atoms with van der Waals surface area (Å²) in [6.07, 6.45) is 0.330. The van der Waals surface area contributed by atoms with E-state index in [2.05, 4.69) is 6.07 Å². The molecule has 0 aromatic heterocycles. The average Bonchev–Trinajstić information content (AvgIpc) is 2.34. The Hall–Kier alpha value is -2.02. The number of phenolic OH excluding ortho intramolecular Hbond substituents is 1. The fraction of sp³-hybridized carbons (Fsp3) is 0.429. The van der Waals surface area contributed by atoms with Crippen LogP contribution in [0.2, 0.25) is 0 Å². The largest absolute Gasteiger partial charge is 0.508 e. The molecule has 4 heteroatoms. The van der Waals surface area contributed by atoms with Crippen LogP contribution in [-0.4, -0.2) is 29.0 Å². The van der Waals surface area contributed by atoms with Gasteiger partial charge in [0.25, 0.3) is 5.91 Å². The molecule has 0 fully saturated rings. The number of hydrogen-bond donors (Lipinski definition) is 1. The van der Waals surface area contributed by atoms with E-state index in [4.69, 9.17) is 5.26 Å². The Balaban J connectivity index is 2.81. The van der Waals surface area contributed by atoms with E-state index in [0.717, 1.165) is 0 Å². The highest BCUT2D eigenvalue weighted by Crippen LogP contribution is 2.13. The summed E-state index contributed by atoms with van der Waals surface area (Å²) in [5.41, 5.74) is 0.534. The zero-order valence-electron chi connectivity index (χ0n) is 10.8. The number of nitrogens with zero attached hydrogens (tertiary/aromatic N) is 2. The summed E-state index contributed by atoms with van der Waals surface area (Å²) in [5.74, 6) is 0.391. The first kappa shape index (κ1) is 14.0. The summed E-state index contributed by atoms with van der Waals surface area (Å²) in [5, 5.41) is 17.8. The molecule has 0 bridgehead atoms. The van der Waals surface area contributed by atoms with Crippen LogP contribution >= 0.6 is 0 Å². The predicted molar refractivity (Wildman–Crippen MR) is 69.1 cm³/mol. The van der Waals surface area contributed by atoms with E-state index in [1.807, 2.05) is 13.8 Å². The van der Waals surface area contributed by atoms with E-state index in [0.29, 0.717) is 31.0 Å². The molecule has 0 saturated heterocycles. The fourth-order valence-electron chi connectivity index (χ4n) is 1.69. The molecule has 1 N–H and O–H groups in total. The van der Waals surface area contributed by atoms with Crippen LogP contribution in [0.25, 0.3) is 0 Å². The van der Waals surface area contributed by atoms with Crippen LogP contribution in [0.15, 0.2) is 24.3 Å². The predicted octanol–water partition coefficient (Wildman–Crippen LogP) is 2.40. The molecular formula is C14H18N2O2. The molecule has 0 aliphatic heterocycles. The molecule has 1 rings (SSSR count). The van der Waals surface area contributed by atoms with Gasteiger partial charge in [-0.1, -0.05) is 13.8 Å². The Kier molecular flexibility index (Phi) is 5.19. The molecule has 4 nitrogen and oxygen atoms in total. The van der Waals surface area contributed by atoms with Crippen LogP contribution in [0, 0.1) is 17.2 Å². The van der Waals surface area contributed by atoms with Gasteiger partial charge in [-0.25, -0.2) is 0 Å². The molecule has 0 aliphatic rings. The number of benzene rings is 1. The first-order chi connectivity index (χ1) is 8.54. The van der Waals surface area contributed by atoms with Gasteiger partial charge < -0.3 is 10.0 Å². The number of phenols is 1. The summed E-state index contributed by atoms with van der Waals surface area (Å²) in [6.45, 7) is 5.13. The SMILES string of the molecule is CC(C)CN(CCC#N)C(=O)c1ccc(O)cc1. The molecule has 1 amide bonds. The van der Waals surface area contributed by atoms with Gasteiger partial charge >= 0.3 is 0 Å². The maximum Gasteiger partial charge on any atom is 0.253 e. The molecule has 0 spiro atoms. The third-order valence-electron chi connectivity index (χ3n) is 2.48. The third kappa shape index (κ3) is 4.10. The first-order valence-corrected chi connectivity index (χ1v) is 6.00. The van der Waals surface area contributed by atoms with Crippen molar-refractivity contribution in [2.45, 2.75) is 20.3 Å². The van der Waals surface area contributed by atoms with Gasteiger partial charge in [-0.15, -0.1) is 0 Å². The molecule has 0 heterocycles. The van der Waals surface area contributed by atoms with Crippen molar-refractivity contribution in [3.05, 3.63) is 29.8 Å². The highest BCUT2D eigenvalue weighted by Gasteiger charge is 2.16. The smallest absolute Gasteiger partial charge is 0.253 e. The molecule has 0 atom stereocenters. The second-order valence-electron chi connectivity index (χ2n) is 4.60. The van der Waals surface area contributed by atoms with E-state index < -0.39 is 0 Å². The van der Waals surface area contributed by atoms with E-state index >= 15 is 0 Å². The number of carbonyl (C=O) groups excluding carboxylic acids is 1. The van der Waals surface area contributed by atoms with Gasteiger partial charge in [0, 0.05) is 18.7 Å². The van der Waals surface area contributed by atoms with Gasteiger partial charge in [-0.05, 0) is 30.2 Å². The highest BCUT2D eigenvalue weighted by molar-refractivity contribution is 5.94. The van der Waals surface area contributed by atoms with Gasteiger partial charge in [0.1, 0.15) is 5.75 Å². The zero-order valence-corrected chi connectivity index (χ0v) is 10.8. The summed E-state index contributed by atoms with van der Waals surface area (Å²) in [4.78, 5) is 13.9. The van der Waals surface area contributed by atoms with Gasteiger partial charge in [0.15, 0.2) is 0 Å². The van der Waals surface area contributed by atoms with Crippen molar-refractivity contribution >= 4 is 5.91 Å². The lowest BCUT2D eigenvalue weighted by Gasteiger charge is -2.23. The van der Waals surface area contributed by atoms with Crippen molar-refractivity contribution in [1.82, 2.24) is 4.90 Å². The molecule has 1 aromatic rings. The number of carbonyl (C=O) groups is 1. The van der Waals surface area contributed by atoms with Gasteiger partial charge in [-0.3, -0.25) is 4.79 Å². The Morgan fingerprint density at radius 2 is 2.00 bits per heavy atom. The topological polar surface area (TPSA) is 64.3 Å². The molecule has 18 heavy (non-hydrogen) atoms. The van der Waals surface area contributed by atoms with Gasteiger partial charge in [0.2, 0.25) is 0 Å². The van der Waals surface area contributed by atoms with E-state index in [-0.39, 0.29) is 11.7 Å². The maximum absolute atomic E-state index is 12.2. The van der Waals surface area contributed by atoms with E-state index in [1.54, 1.807) is 17.0 Å². The van der Waals surface area contributed by atoms with Crippen molar-refractivity contribution in [2.24, 2.45) is 5.92 Å². The van der Waals surface area contributed by atoms with E-state index in [9.17, 15) is 9.90 Å². The number of aromatic hydroxyl groups is 1. The van der Waals surface area contributed by atoms with Crippen molar-refractivity contribution < 1.29 is 9.90 Å². The molecule has 1 aromatic carbocycles. The van der Waals surface area contributed by atoms with Crippen molar-refractivity contribution in [1.29, 1.82) is 5.26 Å². The molecule has 96 valence electrons. The number of nitriles is 1. The normalized spacial score (nSPS) is 10.1. The minimum atomic E-state index is -0.0982. The second kappa shape index (κ2) is 6.65. The molecule has 0 aliphatic carbocycles. The van der Waals surface area contributed by atoms with Crippen LogP contribution in [-0.2, 0) is 0 Å². The Labute approximate surface area is 107 Å². The average molecular weight is 246 g/mol. The summed E-state index contributed by atoms with van der Waals surface area (Å²) in [6, 6.07) is 8.22. The molecule has 0 saturated carbocycles.